The maximum absolute atomic E-state index is 11.6. The van der Waals surface area contributed by atoms with Crippen LogP contribution < -0.4 is 15.4 Å². The number of carbonyl (C=O) groups excluding carboxylic acids is 2. The van der Waals surface area contributed by atoms with Crippen molar-refractivity contribution in [2.24, 2.45) is 0 Å². The third-order valence-electron chi connectivity index (χ3n) is 2.65. The van der Waals surface area contributed by atoms with Crippen LogP contribution in [0.1, 0.15) is 26.2 Å². The van der Waals surface area contributed by atoms with Crippen LogP contribution >= 0.6 is 0 Å². The van der Waals surface area contributed by atoms with Gasteiger partial charge in [-0.25, -0.2) is 0 Å². The summed E-state index contributed by atoms with van der Waals surface area (Å²) in [6.45, 7) is 2.08. The Balaban J connectivity index is 2.04. The molecule has 1 aliphatic rings. The Morgan fingerprint density at radius 1 is 1.50 bits per heavy atom. The predicted molar refractivity (Wildman–Crippen MR) is 68.7 cm³/mol. The number of nitrogens with one attached hydrogen (secondary N) is 2. The van der Waals surface area contributed by atoms with Crippen molar-refractivity contribution in [3.8, 4) is 5.75 Å². The van der Waals surface area contributed by atoms with Crippen LogP contribution in [0.3, 0.4) is 0 Å². The second kappa shape index (κ2) is 5.53. The van der Waals surface area contributed by atoms with E-state index in [1.165, 1.54) is 0 Å². The number of anilines is 2. The highest BCUT2D eigenvalue weighted by Crippen LogP contribution is 2.30. The lowest BCUT2D eigenvalue weighted by molar-refractivity contribution is -0.118. The molecule has 2 N–H and O–H groups in total. The van der Waals surface area contributed by atoms with E-state index in [0.29, 0.717) is 23.5 Å². The average Bonchev–Trinajstić information content (AvgIpc) is 2.36. The van der Waals surface area contributed by atoms with Crippen molar-refractivity contribution in [2.45, 2.75) is 26.2 Å². The fourth-order valence-corrected chi connectivity index (χ4v) is 1.72. The largest absolute Gasteiger partial charge is 0.482 e. The van der Waals surface area contributed by atoms with E-state index in [4.69, 9.17) is 4.74 Å². The minimum atomic E-state index is -0.183. The first-order chi connectivity index (χ1) is 8.69. The number of unbranched alkanes of at least 4 members (excludes halogenated alkanes) is 1. The Bertz CT molecular complexity index is 471. The molecule has 0 unspecified atom stereocenters. The van der Waals surface area contributed by atoms with Gasteiger partial charge in [-0.1, -0.05) is 13.3 Å². The Labute approximate surface area is 106 Å². The van der Waals surface area contributed by atoms with Crippen LogP contribution in [-0.2, 0) is 9.59 Å². The standard InChI is InChI=1S/C13H16N2O3/c1-2-3-4-12(16)14-9-5-6-11-10(7-9)15-13(17)8-18-11/h5-7H,2-4,8H2,1H3,(H,14,16)(H,15,17). The van der Waals surface area contributed by atoms with Crippen LogP contribution in [0.4, 0.5) is 11.4 Å². The second-order valence-electron chi connectivity index (χ2n) is 4.20. The molecule has 0 aromatic heterocycles. The molecular formula is C13H16N2O3. The fourth-order valence-electron chi connectivity index (χ4n) is 1.72. The average molecular weight is 248 g/mol. The van der Waals surface area contributed by atoms with Crippen molar-refractivity contribution >= 4 is 23.2 Å². The summed E-state index contributed by atoms with van der Waals surface area (Å²) in [5.41, 5.74) is 1.26. The van der Waals surface area contributed by atoms with Gasteiger partial charge in [0.25, 0.3) is 5.91 Å². The first-order valence-electron chi connectivity index (χ1n) is 6.05. The lowest BCUT2D eigenvalue weighted by Gasteiger charge is -2.18. The van der Waals surface area contributed by atoms with E-state index >= 15 is 0 Å². The maximum Gasteiger partial charge on any atom is 0.262 e. The van der Waals surface area contributed by atoms with Crippen LogP contribution in [0.5, 0.6) is 5.75 Å². The summed E-state index contributed by atoms with van der Waals surface area (Å²) >= 11 is 0. The maximum atomic E-state index is 11.6. The van der Waals surface area contributed by atoms with Gasteiger partial charge in [0.15, 0.2) is 6.61 Å². The van der Waals surface area contributed by atoms with Crippen LogP contribution in [0.15, 0.2) is 18.2 Å². The monoisotopic (exact) mass is 248 g/mol. The molecule has 0 atom stereocenters. The van der Waals surface area contributed by atoms with Crippen molar-refractivity contribution in [3.05, 3.63) is 18.2 Å². The second-order valence-corrected chi connectivity index (χ2v) is 4.20. The van der Waals surface area contributed by atoms with Crippen LogP contribution in [0.2, 0.25) is 0 Å². The normalized spacial score (nSPS) is 13.3. The molecule has 2 rings (SSSR count). The molecule has 0 saturated heterocycles. The highest BCUT2D eigenvalue weighted by atomic mass is 16.5. The molecule has 0 aliphatic carbocycles. The van der Waals surface area contributed by atoms with Gasteiger partial charge in [0, 0.05) is 12.1 Å². The predicted octanol–water partition coefficient (Wildman–Crippen LogP) is 2.15. The molecule has 2 amide bonds. The summed E-state index contributed by atoms with van der Waals surface area (Å²) in [5, 5.41) is 5.50. The molecule has 1 aromatic rings. The smallest absolute Gasteiger partial charge is 0.262 e. The van der Waals surface area contributed by atoms with E-state index < -0.39 is 0 Å². The van der Waals surface area contributed by atoms with E-state index in [9.17, 15) is 9.59 Å². The van der Waals surface area contributed by atoms with Crippen molar-refractivity contribution in [3.63, 3.8) is 0 Å². The zero-order chi connectivity index (χ0) is 13.0. The number of amides is 2. The van der Waals surface area contributed by atoms with Crippen LogP contribution in [0.25, 0.3) is 0 Å². The number of benzene rings is 1. The van der Waals surface area contributed by atoms with Crippen molar-refractivity contribution < 1.29 is 14.3 Å². The molecule has 0 bridgehead atoms. The summed E-state index contributed by atoms with van der Waals surface area (Å²) in [5.74, 6) is 0.429. The summed E-state index contributed by atoms with van der Waals surface area (Å²) in [6, 6.07) is 5.21. The molecule has 5 heteroatoms. The molecule has 96 valence electrons. The molecule has 5 nitrogen and oxygen atoms in total. The number of hydrogen-bond acceptors (Lipinski definition) is 3. The third-order valence-corrected chi connectivity index (χ3v) is 2.65. The minimum Gasteiger partial charge on any atom is -0.482 e. The third kappa shape index (κ3) is 3.00. The Hall–Kier alpha value is -2.04. The Kier molecular flexibility index (Phi) is 3.82. The molecular weight excluding hydrogens is 232 g/mol. The minimum absolute atomic E-state index is 0.0140. The molecule has 1 heterocycles. The van der Waals surface area contributed by atoms with Gasteiger partial charge in [-0.15, -0.1) is 0 Å². The number of ether oxygens (including phenoxy) is 1. The number of fused-ring (bicyclic) bond motifs is 1. The Morgan fingerprint density at radius 3 is 3.11 bits per heavy atom. The van der Waals surface area contributed by atoms with Crippen molar-refractivity contribution in [2.75, 3.05) is 17.2 Å². The van der Waals surface area contributed by atoms with Gasteiger partial charge in [0.05, 0.1) is 5.69 Å². The molecule has 18 heavy (non-hydrogen) atoms. The highest BCUT2D eigenvalue weighted by molar-refractivity contribution is 5.97. The van der Waals surface area contributed by atoms with Gasteiger partial charge in [-0.05, 0) is 24.6 Å². The first-order valence-corrected chi connectivity index (χ1v) is 6.05. The summed E-state index contributed by atoms with van der Waals surface area (Å²) < 4.78 is 5.24. The number of carbonyl (C=O) groups is 2. The van der Waals surface area contributed by atoms with Gasteiger partial charge >= 0.3 is 0 Å². The SMILES string of the molecule is CCCCC(=O)Nc1ccc2c(c1)NC(=O)CO2. The van der Waals surface area contributed by atoms with E-state index in [0.717, 1.165) is 12.8 Å². The molecule has 0 spiro atoms. The first kappa shape index (κ1) is 12.4. The summed E-state index contributed by atoms with van der Waals surface area (Å²) in [7, 11) is 0. The van der Waals surface area contributed by atoms with Gasteiger partial charge in [-0.3, -0.25) is 9.59 Å². The van der Waals surface area contributed by atoms with Crippen LogP contribution in [0, 0.1) is 0 Å². The van der Waals surface area contributed by atoms with E-state index in [-0.39, 0.29) is 18.4 Å². The Morgan fingerprint density at radius 2 is 2.33 bits per heavy atom. The molecule has 1 aromatic carbocycles. The molecule has 1 aliphatic heterocycles. The van der Waals surface area contributed by atoms with E-state index in [1.54, 1.807) is 18.2 Å². The molecule has 0 saturated carbocycles. The van der Waals surface area contributed by atoms with Crippen molar-refractivity contribution in [1.82, 2.24) is 0 Å². The lowest BCUT2D eigenvalue weighted by Crippen LogP contribution is -2.25. The van der Waals surface area contributed by atoms with Gasteiger partial charge in [0.2, 0.25) is 5.91 Å². The topological polar surface area (TPSA) is 67.4 Å². The zero-order valence-electron chi connectivity index (χ0n) is 10.3. The highest BCUT2D eigenvalue weighted by Gasteiger charge is 2.16. The lowest BCUT2D eigenvalue weighted by atomic mass is 10.2. The number of rotatable bonds is 4. The number of hydrogen-bond donors (Lipinski definition) is 2. The van der Waals surface area contributed by atoms with Gasteiger partial charge in [-0.2, -0.15) is 0 Å². The summed E-state index contributed by atoms with van der Waals surface area (Å²) in [4.78, 5) is 22.8. The fraction of sp³-hybridized carbons (Fsp3) is 0.385. The van der Waals surface area contributed by atoms with Gasteiger partial charge < -0.3 is 15.4 Å². The van der Waals surface area contributed by atoms with Crippen LogP contribution in [-0.4, -0.2) is 18.4 Å². The molecule has 0 fully saturated rings. The van der Waals surface area contributed by atoms with E-state index in [1.807, 2.05) is 6.92 Å². The zero-order valence-corrected chi connectivity index (χ0v) is 10.3. The van der Waals surface area contributed by atoms with Crippen molar-refractivity contribution in [1.29, 1.82) is 0 Å². The quantitative estimate of drug-likeness (QED) is 0.857. The molecule has 0 radical (unpaired) electrons. The van der Waals surface area contributed by atoms with Gasteiger partial charge in [0.1, 0.15) is 5.75 Å². The summed E-state index contributed by atoms with van der Waals surface area (Å²) in [6.07, 6.45) is 2.37. The van der Waals surface area contributed by atoms with E-state index in [2.05, 4.69) is 10.6 Å².